The van der Waals surface area contributed by atoms with E-state index in [2.05, 4.69) is 10.3 Å². The maximum atomic E-state index is 11.4. The SMILES string of the molecule is CC(C)NC(=O)COC(=O)c1ccccn1. The lowest BCUT2D eigenvalue weighted by atomic mass is 10.3. The second-order valence-electron chi connectivity index (χ2n) is 3.51. The summed E-state index contributed by atoms with van der Waals surface area (Å²) in [6, 6.07) is 4.93. The van der Waals surface area contributed by atoms with Gasteiger partial charge in [-0.3, -0.25) is 4.79 Å². The predicted molar refractivity (Wildman–Crippen MR) is 57.8 cm³/mol. The van der Waals surface area contributed by atoms with Crippen LogP contribution in [0.2, 0.25) is 0 Å². The van der Waals surface area contributed by atoms with Crippen LogP contribution in [0.4, 0.5) is 0 Å². The van der Waals surface area contributed by atoms with Crippen molar-refractivity contribution in [3.8, 4) is 0 Å². The molecule has 1 aromatic rings. The van der Waals surface area contributed by atoms with E-state index < -0.39 is 5.97 Å². The molecular formula is C11H14N2O3. The van der Waals surface area contributed by atoms with Crippen LogP contribution >= 0.6 is 0 Å². The number of nitrogens with zero attached hydrogens (tertiary/aromatic N) is 1. The average molecular weight is 222 g/mol. The zero-order valence-corrected chi connectivity index (χ0v) is 9.27. The number of amides is 1. The number of ether oxygens (including phenoxy) is 1. The van der Waals surface area contributed by atoms with Crippen molar-refractivity contribution in [3.05, 3.63) is 30.1 Å². The van der Waals surface area contributed by atoms with Gasteiger partial charge in [0.05, 0.1) is 0 Å². The van der Waals surface area contributed by atoms with E-state index in [0.29, 0.717) is 0 Å². The van der Waals surface area contributed by atoms with Crippen molar-refractivity contribution in [3.63, 3.8) is 0 Å². The summed E-state index contributed by atoms with van der Waals surface area (Å²) in [5, 5.41) is 2.61. The summed E-state index contributed by atoms with van der Waals surface area (Å²) < 4.78 is 4.78. The van der Waals surface area contributed by atoms with E-state index in [-0.39, 0.29) is 24.2 Å². The van der Waals surface area contributed by atoms with Crippen LogP contribution in [0.5, 0.6) is 0 Å². The Morgan fingerprint density at radius 1 is 1.44 bits per heavy atom. The Hall–Kier alpha value is -1.91. The molecule has 0 unspecified atom stereocenters. The fraction of sp³-hybridized carbons (Fsp3) is 0.364. The summed E-state index contributed by atoms with van der Waals surface area (Å²) in [4.78, 5) is 26.4. The van der Waals surface area contributed by atoms with Gasteiger partial charge in [-0.1, -0.05) is 6.07 Å². The van der Waals surface area contributed by atoms with Gasteiger partial charge in [0.25, 0.3) is 5.91 Å². The first-order chi connectivity index (χ1) is 7.59. The molecule has 5 nitrogen and oxygen atoms in total. The molecule has 1 N–H and O–H groups in total. The van der Waals surface area contributed by atoms with Crippen LogP contribution < -0.4 is 5.32 Å². The van der Waals surface area contributed by atoms with Crippen LogP contribution in [-0.2, 0) is 9.53 Å². The Morgan fingerprint density at radius 2 is 2.19 bits per heavy atom. The second kappa shape index (κ2) is 5.85. The van der Waals surface area contributed by atoms with Crippen molar-refractivity contribution in [2.45, 2.75) is 19.9 Å². The number of esters is 1. The van der Waals surface area contributed by atoms with Gasteiger partial charge in [-0.05, 0) is 26.0 Å². The molecule has 5 heteroatoms. The normalized spacial score (nSPS) is 9.94. The smallest absolute Gasteiger partial charge is 0.357 e. The second-order valence-corrected chi connectivity index (χ2v) is 3.51. The Kier molecular flexibility index (Phi) is 4.44. The summed E-state index contributed by atoms with van der Waals surface area (Å²) in [7, 11) is 0. The molecule has 0 saturated heterocycles. The van der Waals surface area contributed by atoms with Crippen molar-refractivity contribution < 1.29 is 14.3 Å². The van der Waals surface area contributed by atoms with Crippen molar-refractivity contribution in [1.82, 2.24) is 10.3 Å². The molecule has 0 aliphatic carbocycles. The van der Waals surface area contributed by atoms with Gasteiger partial charge < -0.3 is 10.1 Å². The lowest BCUT2D eigenvalue weighted by molar-refractivity contribution is -0.124. The van der Waals surface area contributed by atoms with Crippen LogP contribution in [0.1, 0.15) is 24.3 Å². The van der Waals surface area contributed by atoms with Crippen molar-refractivity contribution >= 4 is 11.9 Å². The Morgan fingerprint density at radius 3 is 2.75 bits per heavy atom. The zero-order chi connectivity index (χ0) is 12.0. The molecule has 0 fully saturated rings. The zero-order valence-electron chi connectivity index (χ0n) is 9.27. The Balaban J connectivity index is 2.39. The molecule has 1 rings (SSSR count). The van der Waals surface area contributed by atoms with Crippen LogP contribution in [0.25, 0.3) is 0 Å². The summed E-state index contributed by atoms with van der Waals surface area (Å²) in [6.07, 6.45) is 1.49. The third kappa shape index (κ3) is 4.08. The molecule has 0 saturated carbocycles. The Bertz CT molecular complexity index is 363. The van der Waals surface area contributed by atoms with E-state index >= 15 is 0 Å². The number of rotatable bonds is 4. The fourth-order valence-electron chi connectivity index (χ4n) is 1.05. The van der Waals surface area contributed by atoms with E-state index in [1.165, 1.54) is 12.3 Å². The van der Waals surface area contributed by atoms with Crippen LogP contribution in [-0.4, -0.2) is 29.5 Å². The number of carbonyl (C=O) groups is 2. The Labute approximate surface area is 93.8 Å². The van der Waals surface area contributed by atoms with Gasteiger partial charge in [0.1, 0.15) is 5.69 Å². The van der Waals surface area contributed by atoms with E-state index in [9.17, 15) is 9.59 Å². The minimum absolute atomic E-state index is 0.0288. The number of aromatic nitrogens is 1. The molecule has 16 heavy (non-hydrogen) atoms. The molecule has 0 radical (unpaired) electrons. The maximum absolute atomic E-state index is 11.4. The summed E-state index contributed by atoms with van der Waals surface area (Å²) >= 11 is 0. The topological polar surface area (TPSA) is 68.3 Å². The highest BCUT2D eigenvalue weighted by atomic mass is 16.5. The average Bonchev–Trinajstić information content (AvgIpc) is 2.26. The molecule has 0 aliphatic rings. The maximum Gasteiger partial charge on any atom is 0.357 e. The summed E-state index contributed by atoms with van der Waals surface area (Å²) in [5.41, 5.74) is 0.194. The summed E-state index contributed by atoms with van der Waals surface area (Å²) in [6.45, 7) is 3.38. The predicted octanol–water partition coefficient (Wildman–Crippen LogP) is 0.763. The number of hydrogen-bond acceptors (Lipinski definition) is 4. The highest BCUT2D eigenvalue weighted by Crippen LogP contribution is 1.96. The quantitative estimate of drug-likeness (QED) is 0.764. The third-order valence-corrected chi connectivity index (χ3v) is 1.66. The minimum atomic E-state index is -0.598. The van der Waals surface area contributed by atoms with E-state index in [1.54, 1.807) is 12.1 Å². The molecule has 1 aromatic heterocycles. The summed E-state index contributed by atoms with van der Waals surface area (Å²) in [5.74, 6) is -0.918. The number of nitrogens with one attached hydrogen (secondary N) is 1. The van der Waals surface area contributed by atoms with Gasteiger partial charge in [-0.25, -0.2) is 9.78 Å². The van der Waals surface area contributed by atoms with Gasteiger partial charge in [0.2, 0.25) is 0 Å². The molecule has 1 heterocycles. The molecule has 0 aliphatic heterocycles. The lowest BCUT2D eigenvalue weighted by Crippen LogP contribution is -2.34. The van der Waals surface area contributed by atoms with Crippen LogP contribution in [0.3, 0.4) is 0 Å². The number of carbonyl (C=O) groups excluding carboxylic acids is 2. The molecular weight excluding hydrogens is 208 g/mol. The van der Waals surface area contributed by atoms with E-state index in [0.717, 1.165) is 0 Å². The van der Waals surface area contributed by atoms with E-state index in [1.807, 2.05) is 13.8 Å². The molecule has 0 spiro atoms. The van der Waals surface area contributed by atoms with Crippen molar-refractivity contribution in [2.75, 3.05) is 6.61 Å². The van der Waals surface area contributed by atoms with Gasteiger partial charge in [0, 0.05) is 12.2 Å². The van der Waals surface area contributed by atoms with Crippen molar-refractivity contribution in [2.24, 2.45) is 0 Å². The molecule has 0 bridgehead atoms. The highest BCUT2D eigenvalue weighted by molar-refractivity contribution is 5.89. The fourth-order valence-corrected chi connectivity index (χ4v) is 1.05. The van der Waals surface area contributed by atoms with Gasteiger partial charge >= 0.3 is 5.97 Å². The number of hydrogen-bond donors (Lipinski definition) is 1. The first kappa shape index (κ1) is 12.2. The monoisotopic (exact) mass is 222 g/mol. The van der Waals surface area contributed by atoms with Crippen LogP contribution in [0, 0.1) is 0 Å². The van der Waals surface area contributed by atoms with Gasteiger partial charge in [-0.15, -0.1) is 0 Å². The van der Waals surface area contributed by atoms with Crippen LogP contribution in [0.15, 0.2) is 24.4 Å². The molecule has 1 amide bonds. The lowest BCUT2D eigenvalue weighted by Gasteiger charge is -2.08. The highest BCUT2D eigenvalue weighted by Gasteiger charge is 2.10. The van der Waals surface area contributed by atoms with Gasteiger partial charge in [0.15, 0.2) is 6.61 Å². The van der Waals surface area contributed by atoms with Gasteiger partial charge in [-0.2, -0.15) is 0 Å². The standard InChI is InChI=1S/C11H14N2O3/c1-8(2)13-10(14)7-16-11(15)9-5-3-4-6-12-9/h3-6,8H,7H2,1-2H3,(H,13,14). The first-order valence-corrected chi connectivity index (χ1v) is 4.97. The molecule has 86 valence electrons. The minimum Gasteiger partial charge on any atom is -0.451 e. The third-order valence-electron chi connectivity index (χ3n) is 1.66. The molecule has 0 aromatic carbocycles. The molecule has 0 atom stereocenters. The largest absolute Gasteiger partial charge is 0.451 e. The number of pyridine rings is 1. The van der Waals surface area contributed by atoms with E-state index in [4.69, 9.17) is 4.74 Å². The first-order valence-electron chi connectivity index (χ1n) is 4.97. The van der Waals surface area contributed by atoms with Crippen molar-refractivity contribution in [1.29, 1.82) is 0 Å².